The van der Waals surface area contributed by atoms with E-state index >= 15 is 0 Å². The second-order valence-electron chi connectivity index (χ2n) is 6.14. The molecule has 0 saturated heterocycles. The maximum atomic E-state index is 12.5. The van der Waals surface area contributed by atoms with Crippen molar-refractivity contribution in [3.05, 3.63) is 11.7 Å². The van der Waals surface area contributed by atoms with E-state index in [1.165, 1.54) is 0 Å². The van der Waals surface area contributed by atoms with E-state index in [-0.39, 0.29) is 17.3 Å². The summed E-state index contributed by atoms with van der Waals surface area (Å²) in [5.41, 5.74) is -1.61. The fraction of sp³-hybridized carbons (Fsp3) is 0.846. The van der Waals surface area contributed by atoms with Gasteiger partial charge in [-0.15, -0.1) is 0 Å². The summed E-state index contributed by atoms with van der Waals surface area (Å²) in [6, 6.07) is 0. The van der Waals surface area contributed by atoms with Gasteiger partial charge in [-0.2, -0.15) is 22.0 Å². The molecular weight excluding hydrogens is 251 g/mol. The van der Waals surface area contributed by atoms with Crippen molar-refractivity contribution >= 4 is 0 Å². The van der Waals surface area contributed by atoms with Crippen LogP contribution in [-0.4, -0.2) is 6.18 Å². The van der Waals surface area contributed by atoms with Crippen LogP contribution in [0.4, 0.5) is 22.0 Å². The Bertz CT molecular complexity index is 362. The van der Waals surface area contributed by atoms with Crippen molar-refractivity contribution in [1.29, 1.82) is 0 Å². The highest BCUT2D eigenvalue weighted by Gasteiger charge is 2.54. The van der Waals surface area contributed by atoms with Crippen LogP contribution in [0.25, 0.3) is 0 Å². The van der Waals surface area contributed by atoms with Crippen molar-refractivity contribution < 1.29 is 22.0 Å². The fourth-order valence-corrected chi connectivity index (χ4v) is 4.01. The molecule has 3 atom stereocenters. The molecule has 0 N–H and O–H groups in total. The molecule has 0 heterocycles. The van der Waals surface area contributed by atoms with Crippen LogP contribution in [0, 0.1) is 23.2 Å². The van der Waals surface area contributed by atoms with E-state index in [4.69, 9.17) is 0 Å². The quantitative estimate of drug-likeness (QED) is 0.607. The van der Waals surface area contributed by atoms with Crippen LogP contribution in [0.15, 0.2) is 11.7 Å². The van der Waals surface area contributed by atoms with E-state index in [0.717, 1.165) is 12.8 Å². The highest BCUT2D eigenvalue weighted by atomic mass is 19.4. The Morgan fingerprint density at radius 3 is 2.11 bits per heavy atom. The molecule has 0 aliphatic heterocycles. The zero-order valence-electron chi connectivity index (χ0n) is 10.5. The monoisotopic (exact) mass is 268 g/mol. The Morgan fingerprint density at radius 1 is 1.17 bits per heavy atom. The normalized spacial score (nSPS) is 33.8. The van der Waals surface area contributed by atoms with Crippen molar-refractivity contribution in [2.24, 2.45) is 23.2 Å². The first-order valence-electron chi connectivity index (χ1n) is 6.25. The Balaban J connectivity index is 2.15. The van der Waals surface area contributed by atoms with Crippen LogP contribution in [0.1, 0.15) is 39.5 Å². The third-order valence-corrected chi connectivity index (χ3v) is 5.03. The molecule has 104 valence electrons. The first-order chi connectivity index (χ1) is 8.14. The lowest BCUT2D eigenvalue weighted by atomic mass is 9.78. The average Bonchev–Trinajstić information content (AvgIpc) is 2.61. The first-order valence-corrected chi connectivity index (χ1v) is 6.25. The van der Waals surface area contributed by atoms with E-state index < -0.39 is 24.3 Å². The molecule has 0 radical (unpaired) electrons. The summed E-state index contributed by atoms with van der Waals surface area (Å²) < 4.78 is 62.4. The minimum absolute atomic E-state index is 0.00810. The maximum Gasteiger partial charge on any atom is 0.417 e. The first kappa shape index (κ1) is 13.8. The van der Waals surface area contributed by atoms with E-state index in [2.05, 4.69) is 13.8 Å². The Kier molecular flexibility index (Phi) is 3.23. The lowest BCUT2D eigenvalue weighted by Crippen LogP contribution is -2.22. The molecule has 0 aromatic carbocycles. The molecular formula is C13H17F5. The molecule has 2 aliphatic rings. The van der Waals surface area contributed by atoms with Gasteiger partial charge in [0.15, 0.2) is 0 Å². The van der Waals surface area contributed by atoms with Crippen molar-refractivity contribution in [1.82, 2.24) is 0 Å². The molecule has 5 heteroatoms. The van der Waals surface area contributed by atoms with E-state index in [0.29, 0.717) is 12.3 Å². The molecule has 2 aliphatic carbocycles. The number of fused-ring (bicyclic) bond motifs is 2. The molecule has 3 unspecified atom stereocenters. The van der Waals surface area contributed by atoms with Gasteiger partial charge in [0, 0.05) is 0 Å². The second-order valence-corrected chi connectivity index (χ2v) is 6.14. The number of hydrogen-bond acceptors (Lipinski definition) is 0. The van der Waals surface area contributed by atoms with E-state index in [1.807, 2.05) is 0 Å². The predicted octanol–water partition coefficient (Wildman–Crippen LogP) is 5.16. The van der Waals surface area contributed by atoms with Gasteiger partial charge in [0.25, 0.3) is 6.08 Å². The summed E-state index contributed by atoms with van der Waals surface area (Å²) in [5.74, 6) is 0.306. The molecule has 0 aromatic heterocycles. The zero-order valence-corrected chi connectivity index (χ0v) is 10.5. The van der Waals surface area contributed by atoms with Crippen LogP contribution in [-0.2, 0) is 0 Å². The Labute approximate surface area is 103 Å². The number of alkyl halides is 3. The molecule has 18 heavy (non-hydrogen) atoms. The molecule has 2 saturated carbocycles. The largest absolute Gasteiger partial charge is 0.417 e. The summed E-state index contributed by atoms with van der Waals surface area (Å²) in [6.45, 7) is 4.11. The molecule has 2 rings (SSSR count). The number of hydrogen-bond donors (Lipinski definition) is 0. The van der Waals surface area contributed by atoms with Crippen LogP contribution < -0.4 is 0 Å². The van der Waals surface area contributed by atoms with Gasteiger partial charge in [-0.05, 0) is 48.9 Å². The second kappa shape index (κ2) is 4.20. The lowest BCUT2D eigenvalue weighted by Gasteiger charge is -2.27. The topological polar surface area (TPSA) is 0 Å². The van der Waals surface area contributed by atoms with Gasteiger partial charge in [0.05, 0.1) is 5.57 Å². The van der Waals surface area contributed by atoms with Gasteiger partial charge < -0.3 is 0 Å². The maximum absolute atomic E-state index is 12.5. The molecule has 0 amide bonds. The molecule has 0 aromatic rings. The van der Waals surface area contributed by atoms with Crippen LogP contribution in [0.3, 0.4) is 0 Å². The van der Waals surface area contributed by atoms with Gasteiger partial charge in [-0.1, -0.05) is 13.8 Å². The summed E-state index contributed by atoms with van der Waals surface area (Å²) in [4.78, 5) is 0. The highest BCUT2D eigenvalue weighted by Crippen LogP contribution is 2.62. The SMILES string of the molecule is CC1(C)C2CCC1C(CC(=C(F)F)C(F)(F)F)C2. The standard InChI is InChI=1S/C13H17F5/c1-12(2)8-3-4-9(12)7(5-8)6-10(11(14)15)13(16,17)18/h7-9H,3-6H2,1-2H3. The van der Waals surface area contributed by atoms with Gasteiger partial charge in [-0.25, -0.2) is 0 Å². The third-order valence-electron chi connectivity index (χ3n) is 5.03. The molecule has 0 spiro atoms. The highest BCUT2D eigenvalue weighted by molar-refractivity contribution is 5.14. The summed E-state index contributed by atoms with van der Waals surface area (Å²) in [6.07, 6.45) is -5.42. The van der Waals surface area contributed by atoms with Gasteiger partial charge in [0.2, 0.25) is 0 Å². The number of allylic oxidation sites excluding steroid dienone is 1. The van der Waals surface area contributed by atoms with Crippen molar-refractivity contribution in [2.75, 3.05) is 0 Å². The van der Waals surface area contributed by atoms with Crippen molar-refractivity contribution in [3.63, 3.8) is 0 Å². The summed E-state index contributed by atoms with van der Waals surface area (Å²) >= 11 is 0. The minimum atomic E-state index is -4.90. The molecule has 0 nitrogen and oxygen atoms in total. The number of halogens is 5. The average molecular weight is 268 g/mol. The van der Waals surface area contributed by atoms with Crippen LogP contribution >= 0.6 is 0 Å². The van der Waals surface area contributed by atoms with Gasteiger partial charge >= 0.3 is 6.18 Å². The summed E-state index contributed by atoms with van der Waals surface area (Å²) in [5, 5.41) is 0. The molecule has 2 fully saturated rings. The van der Waals surface area contributed by atoms with Crippen molar-refractivity contribution in [2.45, 2.75) is 45.7 Å². The van der Waals surface area contributed by atoms with Crippen molar-refractivity contribution in [3.8, 4) is 0 Å². The van der Waals surface area contributed by atoms with E-state index in [1.54, 1.807) is 0 Å². The lowest BCUT2D eigenvalue weighted by molar-refractivity contribution is -0.0997. The summed E-state index contributed by atoms with van der Waals surface area (Å²) in [7, 11) is 0. The predicted molar refractivity (Wildman–Crippen MR) is 58.0 cm³/mol. The number of rotatable bonds is 2. The Hall–Kier alpha value is -0.610. The van der Waals surface area contributed by atoms with Crippen LogP contribution in [0.2, 0.25) is 0 Å². The minimum Gasteiger partial charge on any atom is -0.173 e. The molecule has 2 bridgehead atoms. The van der Waals surface area contributed by atoms with E-state index in [9.17, 15) is 22.0 Å². The smallest absolute Gasteiger partial charge is 0.173 e. The zero-order chi connectivity index (χ0) is 13.7. The fourth-order valence-electron chi connectivity index (χ4n) is 4.01. The third kappa shape index (κ3) is 2.16. The Morgan fingerprint density at radius 2 is 1.78 bits per heavy atom. The van der Waals surface area contributed by atoms with Gasteiger partial charge in [0.1, 0.15) is 0 Å². The van der Waals surface area contributed by atoms with Gasteiger partial charge in [-0.3, -0.25) is 0 Å². The van der Waals surface area contributed by atoms with Crippen LogP contribution in [0.5, 0.6) is 0 Å².